The van der Waals surface area contributed by atoms with Gasteiger partial charge < -0.3 is 14.4 Å². The summed E-state index contributed by atoms with van der Waals surface area (Å²) >= 11 is 0. The number of aliphatic hydroxyl groups is 1. The second kappa shape index (κ2) is 6.54. The van der Waals surface area contributed by atoms with E-state index >= 15 is 0 Å². The molecule has 1 aromatic heterocycles. The Bertz CT molecular complexity index is 604. The largest absolute Gasteiger partial charge is 0.451 e. The van der Waals surface area contributed by atoms with Crippen LogP contribution in [0.2, 0.25) is 0 Å². The molecular weight excluding hydrogens is 273 g/mol. The minimum absolute atomic E-state index is 0.224. The minimum Gasteiger partial charge on any atom is -0.451 e. The number of halogens is 1. The molecule has 5 heteroatoms. The number of rotatable bonds is 5. The number of amides is 1. The van der Waals surface area contributed by atoms with Gasteiger partial charge in [0.15, 0.2) is 5.76 Å². The van der Waals surface area contributed by atoms with E-state index in [1.165, 1.54) is 17.0 Å². The summed E-state index contributed by atoms with van der Waals surface area (Å²) in [5.41, 5.74) is 0.710. The van der Waals surface area contributed by atoms with Gasteiger partial charge in [-0.15, -0.1) is 0 Å². The molecule has 0 saturated heterocycles. The predicted molar refractivity (Wildman–Crippen MR) is 77.4 cm³/mol. The Hall–Kier alpha value is -2.14. The van der Waals surface area contributed by atoms with Crippen molar-refractivity contribution in [2.24, 2.45) is 0 Å². The molecule has 0 radical (unpaired) electrons. The standard InChI is InChI=1S/C16H18FNO3/c1-11(19)9-10-18(2)16(20)15-8-7-14(21-15)12-3-5-13(17)6-4-12/h3-8,11,19H,9-10H2,1-2H3. The molecule has 0 aliphatic carbocycles. The Labute approximate surface area is 122 Å². The van der Waals surface area contributed by atoms with Crippen LogP contribution in [-0.2, 0) is 0 Å². The maximum absolute atomic E-state index is 12.9. The van der Waals surface area contributed by atoms with Crippen molar-refractivity contribution in [3.8, 4) is 11.3 Å². The van der Waals surface area contributed by atoms with E-state index < -0.39 is 6.10 Å². The molecule has 0 aliphatic heterocycles. The number of furan rings is 1. The van der Waals surface area contributed by atoms with Crippen LogP contribution in [0.1, 0.15) is 23.9 Å². The van der Waals surface area contributed by atoms with Gasteiger partial charge in [-0.3, -0.25) is 4.79 Å². The lowest BCUT2D eigenvalue weighted by Gasteiger charge is -2.16. The van der Waals surface area contributed by atoms with Crippen molar-refractivity contribution in [1.82, 2.24) is 4.90 Å². The molecule has 1 amide bonds. The highest BCUT2D eigenvalue weighted by Crippen LogP contribution is 2.23. The number of nitrogens with zero attached hydrogens (tertiary/aromatic N) is 1. The van der Waals surface area contributed by atoms with E-state index in [1.54, 1.807) is 38.2 Å². The molecule has 0 fully saturated rings. The van der Waals surface area contributed by atoms with Crippen LogP contribution >= 0.6 is 0 Å². The topological polar surface area (TPSA) is 53.7 Å². The zero-order valence-electron chi connectivity index (χ0n) is 12.0. The fourth-order valence-corrected chi connectivity index (χ4v) is 1.89. The molecule has 1 atom stereocenters. The second-order valence-corrected chi connectivity index (χ2v) is 5.04. The SMILES string of the molecule is CC(O)CCN(C)C(=O)c1ccc(-c2ccc(F)cc2)o1. The number of benzene rings is 1. The van der Waals surface area contributed by atoms with E-state index in [0.717, 1.165) is 0 Å². The lowest BCUT2D eigenvalue weighted by Crippen LogP contribution is -2.29. The van der Waals surface area contributed by atoms with Crippen LogP contribution in [-0.4, -0.2) is 35.6 Å². The summed E-state index contributed by atoms with van der Waals surface area (Å²) in [4.78, 5) is 13.6. The summed E-state index contributed by atoms with van der Waals surface area (Å²) in [5, 5.41) is 9.24. The van der Waals surface area contributed by atoms with Gasteiger partial charge in [0.25, 0.3) is 5.91 Å². The van der Waals surface area contributed by atoms with Crippen molar-refractivity contribution < 1.29 is 18.7 Å². The van der Waals surface area contributed by atoms with Gasteiger partial charge in [0.1, 0.15) is 11.6 Å². The summed E-state index contributed by atoms with van der Waals surface area (Å²) < 4.78 is 18.4. The number of carbonyl (C=O) groups excluding carboxylic acids is 1. The van der Waals surface area contributed by atoms with Crippen LogP contribution in [0.4, 0.5) is 4.39 Å². The number of aliphatic hydroxyl groups excluding tert-OH is 1. The van der Waals surface area contributed by atoms with Crippen LogP contribution in [0.3, 0.4) is 0 Å². The van der Waals surface area contributed by atoms with Crippen molar-refractivity contribution in [2.45, 2.75) is 19.4 Å². The first-order valence-corrected chi connectivity index (χ1v) is 6.76. The average Bonchev–Trinajstić information content (AvgIpc) is 2.94. The van der Waals surface area contributed by atoms with E-state index in [4.69, 9.17) is 4.42 Å². The smallest absolute Gasteiger partial charge is 0.289 e. The third kappa shape index (κ3) is 3.92. The fourth-order valence-electron chi connectivity index (χ4n) is 1.89. The Balaban J connectivity index is 2.08. The van der Waals surface area contributed by atoms with Crippen LogP contribution in [0.15, 0.2) is 40.8 Å². The number of hydrogen-bond acceptors (Lipinski definition) is 3. The Kier molecular flexibility index (Phi) is 4.75. The maximum Gasteiger partial charge on any atom is 0.289 e. The molecule has 0 saturated carbocycles. The van der Waals surface area contributed by atoms with Gasteiger partial charge in [0.2, 0.25) is 0 Å². The van der Waals surface area contributed by atoms with E-state index in [-0.39, 0.29) is 17.5 Å². The predicted octanol–water partition coefficient (Wildman–Crippen LogP) is 2.93. The van der Waals surface area contributed by atoms with E-state index in [0.29, 0.717) is 24.3 Å². The first kappa shape index (κ1) is 15.3. The Morgan fingerprint density at radius 2 is 1.95 bits per heavy atom. The third-order valence-corrected chi connectivity index (χ3v) is 3.17. The molecular formula is C16H18FNO3. The monoisotopic (exact) mass is 291 g/mol. The molecule has 1 N–H and O–H groups in total. The van der Waals surface area contributed by atoms with Crippen LogP contribution in [0.5, 0.6) is 0 Å². The number of carbonyl (C=O) groups is 1. The van der Waals surface area contributed by atoms with Gasteiger partial charge in [0, 0.05) is 19.2 Å². The molecule has 2 aromatic rings. The lowest BCUT2D eigenvalue weighted by molar-refractivity contribution is 0.0739. The summed E-state index contributed by atoms with van der Waals surface area (Å²) in [6.07, 6.45) is 0.0555. The molecule has 0 spiro atoms. The van der Waals surface area contributed by atoms with Crippen molar-refractivity contribution >= 4 is 5.91 Å². The average molecular weight is 291 g/mol. The normalized spacial score (nSPS) is 12.2. The van der Waals surface area contributed by atoms with Gasteiger partial charge in [-0.05, 0) is 49.7 Å². The maximum atomic E-state index is 12.9. The molecule has 112 valence electrons. The second-order valence-electron chi connectivity index (χ2n) is 5.04. The third-order valence-electron chi connectivity index (χ3n) is 3.17. The summed E-state index contributed by atoms with van der Waals surface area (Å²) in [6, 6.07) is 9.16. The lowest BCUT2D eigenvalue weighted by atomic mass is 10.2. The molecule has 0 aliphatic rings. The molecule has 2 rings (SSSR count). The van der Waals surface area contributed by atoms with Gasteiger partial charge in [-0.1, -0.05) is 0 Å². The van der Waals surface area contributed by atoms with Crippen LogP contribution < -0.4 is 0 Å². The van der Waals surface area contributed by atoms with Gasteiger partial charge in [-0.2, -0.15) is 0 Å². The summed E-state index contributed by atoms with van der Waals surface area (Å²) in [5.74, 6) is 0.174. The summed E-state index contributed by atoms with van der Waals surface area (Å²) in [7, 11) is 1.66. The first-order chi connectivity index (χ1) is 9.97. The zero-order valence-corrected chi connectivity index (χ0v) is 12.0. The van der Waals surface area contributed by atoms with E-state index in [2.05, 4.69) is 0 Å². The van der Waals surface area contributed by atoms with Crippen molar-refractivity contribution in [1.29, 1.82) is 0 Å². The molecule has 1 unspecified atom stereocenters. The first-order valence-electron chi connectivity index (χ1n) is 6.76. The van der Waals surface area contributed by atoms with Gasteiger partial charge >= 0.3 is 0 Å². The minimum atomic E-state index is -0.452. The fraction of sp³-hybridized carbons (Fsp3) is 0.312. The Morgan fingerprint density at radius 3 is 2.57 bits per heavy atom. The van der Waals surface area contributed by atoms with Crippen LogP contribution in [0, 0.1) is 5.82 Å². The van der Waals surface area contributed by atoms with Crippen molar-refractivity contribution in [2.75, 3.05) is 13.6 Å². The van der Waals surface area contributed by atoms with E-state index in [1.807, 2.05) is 0 Å². The van der Waals surface area contributed by atoms with Gasteiger partial charge in [0.05, 0.1) is 6.10 Å². The molecule has 1 aromatic carbocycles. The Morgan fingerprint density at radius 1 is 1.29 bits per heavy atom. The molecule has 1 heterocycles. The molecule has 0 bridgehead atoms. The molecule has 4 nitrogen and oxygen atoms in total. The quantitative estimate of drug-likeness (QED) is 0.921. The zero-order chi connectivity index (χ0) is 15.4. The van der Waals surface area contributed by atoms with Gasteiger partial charge in [-0.25, -0.2) is 4.39 Å². The molecule has 21 heavy (non-hydrogen) atoms. The number of hydrogen-bond donors (Lipinski definition) is 1. The highest BCUT2D eigenvalue weighted by Gasteiger charge is 2.16. The summed E-state index contributed by atoms with van der Waals surface area (Å²) in [6.45, 7) is 2.13. The van der Waals surface area contributed by atoms with Crippen molar-refractivity contribution in [3.63, 3.8) is 0 Å². The highest BCUT2D eigenvalue weighted by molar-refractivity contribution is 5.91. The highest BCUT2D eigenvalue weighted by atomic mass is 19.1. The van der Waals surface area contributed by atoms with E-state index in [9.17, 15) is 14.3 Å². The van der Waals surface area contributed by atoms with Crippen LogP contribution in [0.25, 0.3) is 11.3 Å². The van der Waals surface area contributed by atoms with Crippen molar-refractivity contribution in [3.05, 3.63) is 48.0 Å².